The minimum Gasteiger partial charge on any atom is -0.385 e. The van der Waals surface area contributed by atoms with Crippen molar-refractivity contribution < 1.29 is 5.11 Å². The Morgan fingerprint density at radius 3 is 2.88 bits per heavy atom. The average molecular weight is 325 g/mol. The van der Waals surface area contributed by atoms with Crippen LogP contribution in [0.2, 0.25) is 0 Å². The lowest BCUT2D eigenvalue weighted by Gasteiger charge is -2.32. The average Bonchev–Trinajstić information content (AvgIpc) is 3.18. The summed E-state index contributed by atoms with van der Waals surface area (Å²) in [6.45, 7) is 2.46. The Labute approximate surface area is 147 Å². The molecule has 0 radical (unpaired) electrons. The molecule has 4 aliphatic rings. The van der Waals surface area contributed by atoms with Gasteiger partial charge in [-0.05, 0) is 99.3 Å². The van der Waals surface area contributed by atoms with Crippen molar-refractivity contribution in [2.45, 2.75) is 89.6 Å². The largest absolute Gasteiger partial charge is 0.385 e. The summed E-state index contributed by atoms with van der Waals surface area (Å²) in [5.74, 6) is 1.57. The van der Waals surface area contributed by atoms with Crippen LogP contribution in [0.4, 0.5) is 0 Å². The molecule has 0 amide bonds. The zero-order valence-electron chi connectivity index (χ0n) is 15.2. The normalized spacial score (nSPS) is 33.2. The molecule has 4 rings (SSSR count). The smallest absolute Gasteiger partial charge is 0.0941 e. The van der Waals surface area contributed by atoms with E-state index in [1.54, 1.807) is 11.1 Å². The van der Waals surface area contributed by atoms with Crippen molar-refractivity contribution in [2.24, 2.45) is 11.8 Å². The summed E-state index contributed by atoms with van der Waals surface area (Å²) in [5, 5.41) is 10.4. The molecule has 0 aromatic rings. The fourth-order valence-corrected chi connectivity index (χ4v) is 5.64. The van der Waals surface area contributed by atoms with E-state index in [2.05, 4.69) is 12.7 Å². The predicted molar refractivity (Wildman–Crippen MR) is 99.7 cm³/mol. The number of fused-ring (bicyclic) bond motifs is 1. The molecule has 3 unspecified atom stereocenters. The maximum Gasteiger partial charge on any atom is 0.0941 e. The highest BCUT2D eigenvalue weighted by molar-refractivity contribution is 5.50. The first-order chi connectivity index (χ1) is 11.7. The number of rotatable bonds is 5. The molecule has 0 heterocycles. The molecule has 0 aromatic carbocycles. The molecule has 130 valence electrons. The van der Waals surface area contributed by atoms with Gasteiger partial charge in [0.1, 0.15) is 0 Å². The number of aliphatic hydroxyl groups is 1. The van der Waals surface area contributed by atoms with Crippen molar-refractivity contribution in [3.05, 3.63) is 40.2 Å². The maximum atomic E-state index is 10.4. The quantitative estimate of drug-likeness (QED) is 0.614. The molecular weight excluding hydrogens is 292 g/mol. The van der Waals surface area contributed by atoms with Crippen LogP contribution in [-0.4, -0.2) is 10.7 Å². The topological polar surface area (TPSA) is 20.2 Å². The Bertz CT molecular complexity index is 628. The molecule has 1 nitrogen and oxygen atoms in total. The van der Waals surface area contributed by atoms with Crippen LogP contribution in [0.15, 0.2) is 40.2 Å². The summed E-state index contributed by atoms with van der Waals surface area (Å²) in [6, 6.07) is 0. The van der Waals surface area contributed by atoms with E-state index in [4.69, 9.17) is 0 Å². The summed E-state index contributed by atoms with van der Waals surface area (Å²) in [4.78, 5) is 0. The third kappa shape index (κ3) is 3.09. The van der Waals surface area contributed by atoms with Gasteiger partial charge in [-0.15, -0.1) is 5.73 Å². The van der Waals surface area contributed by atoms with Crippen LogP contribution in [0.3, 0.4) is 0 Å². The molecule has 0 spiro atoms. The highest BCUT2D eigenvalue weighted by atomic mass is 16.3. The van der Waals surface area contributed by atoms with E-state index in [1.165, 1.54) is 57.8 Å². The van der Waals surface area contributed by atoms with Crippen LogP contribution >= 0.6 is 0 Å². The van der Waals surface area contributed by atoms with Crippen LogP contribution < -0.4 is 0 Å². The summed E-state index contributed by atoms with van der Waals surface area (Å²) in [6.07, 6.45) is 18.9. The lowest BCUT2D eigenvalue weighted by atomic mass is 9.74. The standard InChI is InChI=1S/C23H32O/c1-17(8-7-15-23(24)13-4-5-14-23)19-11-6-12-21-20-10-3-2-9-18(20)16-22(19)21/h4,14,17,19,24H,2-3,6-13,15-16H2,1H3. The summed E-state index contributed by atoms with van der Waals surface area (Å²) < 4.78 is 0. The molecule has 1 N–H and O–H groups in total. The van der Waals surface area contributed by atoms with E-state index in [0.29, 0.717) is 0 Å². The zero-order chi connectivity index (χ0) is 16.6. The van der Waals surface area contributed by atoms with E-state index in [1.807, 2.05) is 23.3 Å². The molecule has 0 saturated heterocycles. The van der Waals surface area contributed by atoms with Gasteiger partial charge in [0, 0.05) is 6.42 Å². The maximum absolute atomic E-state index is 10.4. The van der Waals surface area contributed by atoms with E-state index >= 15 is 0 Å². The third-order valence-electron chi connectivity index (χ3n) is 7.01. The van der Waals surface area contributed by atoms with Gasteiger partial charge < -0.3 is 5.11 Å². The van der Waals surface area contributed by atoms with Crippen molar-refractivity contribution in [1.29, 1.82) is 0 Å². The summed E-state index contributed by atoms with van der Waals surface area (Å²) in [5.41, 5.74) is 9.71. The first-order valence-corrected chi connectivity index (χ1v) is 10.2. The fraction of sp³-hybridized carbons (Fsp3) is 0.696. The summed E-state index contributed by atoms with van der Waals surface area (Å²) >= 11 is 0. The lowest BCUT2D eigenvalue weighted by Crippen LogP contribution is -2.24. The minimum absolute atomic E-state index is 0.593. The van der Waals surface area contributed by atoms with Gasteiger partial charge in [0.15, 0.2) is 0 Å². The predicted octanol–water partition coefficient (Wildman–Crippen LogP) is 6.01. The second-order valence-corrected chi connectivity index (χ2v) is 8.66. The monoisotopic (exact) mass is 324 g/mol. The molecular formula is C23H32O. The van der Waals surface area contributed by atoms with Crippen molar-refractivity contribution in [3.63, 3.8) is 0 Å². The molecule has 0 aromatic heterocycles. The van der Waals surface area contributed by atoms with Gasteiger partial charge in [0.05, 0.1) is 5.60 Å². The highest BCUT2D eigenvalue weighted by Gasteiger charge is 2.34. The first kappa shape index (κ1) is 16.4. The van der Waals surface area contributed by atoms with E-state index in [-0.39, 0.29) is 0 Å². The van der Waals surface area contributed by atoms with Gasteiger partial charge in [-0.3, -0.25) is 0 Å². The molecule has 0 bridgehead atoms. The Morgan fingerprint density at radius 1 is 1.21 bits per heavy atom. The van der Waals surface area contributed by atoms with Gasteiger partial charge in [-0.1, -0.05) is 24.5 Å². The number of hydrogen-bond acceptors (Lipinski definition) is 1. The van der Waals surface area contributed by atoms with Crippen molar-refractivity contribution in [1.82, 2.24) is 0 Å². The third-order valence-corrected chi connectivity index (χ3v) is 7.01. The molecule has 1 heteroatoms. The highest BCUT2D eigenvalue weighted by Crippen LogP contribution is 2.50. The van der Waals surface area contributed by atoms with E-state index in [0.717, 1.165) is 31.1 Å². The van der Waals surface area contributed by atoms with Gasteiger partial charge in [0.2, 0.25) is 0 Å². The number of hydrogen-bond donors (Lipinski definition) is 1. The van der Waals surface area contributed by atoms with Crippen LogP contribution in [-0.2, 0) is 0 Å². The summed E-state index contributed by atoms with van der Waals surface area (Å²) in [7, 11) is 0. The lowest BCUT2D eigenvalue weighted by molar-refractivity contribution is 0.0832. The van der Waals surface area contributed by atoms with Crippen LogP contribution in [0.5, 0.6) is 0 Å². The number of allylic oxidation sites excluding steroid dienone is 4. The van der Waals surface area contributed by atoms with Gasteiger partial charge in [-0.25, -0.2) is 0 Å². The minimum atomic E-state index is -0.593. The molecule has 3 atom stereocenters. The fourth-order valence-electron chi connectivity index (χ4n) is 5.64. The Hall–Kier alpha value is -1.04. The first-order valence-electron chi connectivity index (χ1n) is 10.2. The van der Waals surface area contributed by atoms with E-state index < -0.39 is 5.60 Å². The Morgan fingerprint density at radius 2 is 2.04 bits per heavy atom. The second-order valence-electron chi connectivity index (χ2n) is 8.66. The van der Waals surface area contributed by atoms with E-state index in [9.17, 15) is 5.11 Å². The second kappa shape index (κ2) is 6.70. The van der Waals surface area contributed by atoms with Gasteiger partial charge >= 0.3 is 0 Å². The van der Waals surface area contributed by atoms with Gasteiger partial charge in [0.25, 0.3) is 0 Å². The Kier molecular flexibility index (Phi) is 4.58. The van der Waals surface area contributed by atoms with Crippen LogP contribution in [0.1, 0.15) is 84.0 Å². The van der Waals surface area contributed by atoms with Crippen molar-refractivity contribution in [2.75, 3.05) is 0 Å². The van der Waals surface area contributed by atoms with Crippen molar-refractivity contribution in [3.8, 4) is 0 Å². The molecule has 0 saturated carbocycles. The van der Waals surface area contributed by atoms with Crippen LogP contribution in [0.25, 0.3) is 0 Å². The molecule has 0 aliphatic heterocycles. The molecule has 4 aliphatic carbocycles. The van der Waals surface area contributed by atoms with Crippen molar-refractivity contribution >= 4 is 0 Å². The SMILES string of the molecule is CC(CCCC1(O)C=C=CC1)C1CCCC2=C1CC1=C2CCCC1. The Balaban J connectivity index is 1.37. The zero-order valence-corrected chi connectivity index (χ0v) is 15.2. The molecule has 24 heavy (non-hydrogen) atoms. The van der Waals surface area contributed by atoms with Gasteiger partial charge in [-0.2, -0.15) is 0 Å². The van der Waals surface area contributed by atoms with Crippen LogP contribution in [0, 0.1) is 11.8 Å². The molecule has 0 fully saturated rings.